The predicted octanol–water partition coefficient (Wildman–Crippen LogP) is 11.7. The Hall–Kier alpha value is -6.78. The quantitative estimate of drug-likeness (QED) is 0.180. The summed E-state index contributed by atoms with van der Waals surface area (Å²) in [6.07, 6.45) is 0. The first-order valence-corrected chi connectivity index (χ1v) is 16.8. The number of fused-ring (bicyclic) bond motifs is 7. The van der Waals surface area contributed by atoms with Crippen LogP contribution in [-0.2, 0) is 0 Å². The molecule has 4 heterocycles. The van der Waals surface area contributed by atoms with E-state index in [0.717, 1.165) is 94.0 Å². The molecule has 0 unspecified atom stereocenters. The molecule has 4 aromatic heterocycles. The Morgan fingerprint density at radius 1 is 0.280 bits per heavy atom. The number of nitrogens with zero attached hydrogens (tertiary/aromatic N) is 4. The van der Waals surface area contributed by atoms with Crippen molar-refractivity contribution < 1.29 is 0 Å². The topological polar surface area (TPSA) is 51.6 Å². The summed E-state index contributed by atoms with van der Waals surface area (Å²) >= 11 is 0. The van der Waals surface area contributed by atoms with Crippen LogP contribution in [0.1, 0.15) is 0 Å². The zero-order valence-corrected chi connectivity index (χ0v) is 27.0. The van der Waals surface area contributed by atoms with Crippen LogP contribution in [0.25, 0.3) is 99.4 Å². The van der Waals surface area contributed by atoms with E-state index in [-0.39, 0.29) is 0 Å². The maximum absolute atomic E-state index is 5.21. The van der Waals surface area contributed by atoms with Crippen molar-refractivity contribution in [3.05, 3.63) is 170 Å². The standard InChI is InChI=1S/C46H28N4/c1-2-9-30(10-3-1)40-25-23-31-19-20-32-24-26-41(49-45(32)44(31)48-40)34-22-18-29-17-21-33(27-35(29)28-34)39-15-8-16-43(47-39)46-38-13-5-4-11-36(38)37-12-6-7-14-42(37)50-46/h1-28H. The van der Waals surface area contributed by atoms with Gasteiger partial charge in [-0.2, -0.15) is 0 Å². The van der Waals surface area contributed by atoms with E-state index in [1.54, 1.807) is 0 Å². The molecule has 0 aliphatic heterocycles. The molecule has 0 saturated heterocycles. The van der Waals surface area contributed by atoms with Crippen LogP contribution in [-0.4, -0.2) is 19.9 Å². The van der Waals surface area contributed by atoms with Crippen LogP contribution in [0.4, 0.5) is 0 Å². The van der Waals surface area contributed by atoms with Crippen molar-refractivity contribution in [1.82, 2.24) is 19.9 Å². The Balaban J connectivity index is 1.06. The lowest BCUT2D eigenvalue weighted by molar-refractivity contribution is 1.29. The van der Waals surface area contributed by atoms with E-state index in [4.69, 9.17) is 19.9 Å². The van der Waals surface area contributed by atoms with Gasteiger partial charge in [-0.3, -0.25) is 0 Å². The van der Waals surface area contributed by atoms with Crippen molar-refractivity contribution in [3.8, 4) is 45.2 Å². The molecule has 0 aliphatic rings. The molecule has 10 aromatic rings. The Kier molecular flexibility index (Phi) is 6.46. The first-order chi connectivity index (χ1) is 24.7. The van der Waals surface area contributed by atoms with Gasteiger partial charge in [0.2, 0.25) is 0 Å². The van der Waals surface area contributed by atoms with E-state index >= 15 is 0 Å². The molecule has 0 radical (unpaired) electrons. The fourth-order valence-corrected chi connectivity index (χ4v) is 7.09. The minimum absolute atomic E-state index is 0.856. The van der Waals surface area contributed by atoms with Crippen LogP contribution >= 0.6 is 0 Å². The van der Waals surface area contributed by atoms with Gasteiger partial charge < -0.3 is 0 Å². The van der Waals surface area contributed by atoms with Gasteiger partial charge in [0.15, 0.2) is 0 Å². The number of aromatic nitrogens is 4. The average Bonchev–Trinajstić information content (AvgIpc) is 3.20. The molecule has 4 nitrogen and oxygen atoms in total. The predicted molar refractivity (Wildman–Crippen MR) is 207 cm³/mol. The second-order valence-electron chi connectivity index (χ2n) is 12.7. The minimum atomic E-state index is 0.856. The van der Waals surface area contributed by atoms with Crippen molar-refractivity contribution in [2.75, 3.05) is 0 Å². The number of para-hydroxylation sites is 1. The zero-order valence-electron chi connectivity index (χ0n) is 27.0. The number of hydrogen-bond donors (Lipinski definition) is 0. The van der Waals surface area contributed by atoms with Crippen LogP contribution in [0.5, 0.6) is 0 Å². The van der Waals surface area contributed by atoms with E-state index in [2.05, 4.69) is 146 Å². The van der Waals surface area contributed by atoms with Gasteiger partial charge in [0.25, 0.3) is 0 Å². The number of rotatable bonds is 4. The van der Waals surface area contributed by atoms with Crippen LogP contribution in [0, 0.1) is 0 Å². The average molecular weight is 637 g/mol. The molecule has 0 amide bonds. The first kappa shape index (κ1) is 28.3. The Bertz CT molecular complexity index is 2930. The molecular formula is C46H28N4. The minimum Gasteiger partial charge on any atom is -0.246 e. The molecule has 0 saturated carbocycles. The van der Waals surface area contributed by atoms with Gasteiger partial charge in [0.05, 0.1) is 45.0 Å². The monoisotopic (exact) mass is 636 g/mol. The van der Waals surface area contributed by atoms with Crippen molar-refractivity contribution in [2.24, 2.45) is 0 Å². The van der Waals surface area contributed by atoms with Gasteiger partial charge in [-0.05, 0) is 58.6 Å². The summed E-state index contributed by atoms with van der Waals surface area (Å²) in [5.41, 5.74) is 10.5. The Morgan fingerprint density at radius 2 is 0.820 bits per heavy atom. The van der Waals surface area contributed by atoms with E-state index < -0.39 is 0 Å². The van der Waals surface area contributed by atoms with Crippen molar-refractivity contribution in [1.29, 1.82) is 0 Å². The Labute approximate surface area is 288 Å². The van der Waals surface area contributed by atoms with Crippen LogP contribution in [0.15, 0.2) is 170 Å². The molecule has 0 aliphatic carbocycles. The van der Waals surface area contributed by atoms with Crippen LogP contribution < -0.4 is 0 Å². The van der Waals surface area contributed by atoms with Gasteiger partial charge in [0, 0.05) is 38.2 Å². The maximum Gasteiger partial charge on any atom is 0.0972 e. The van der Waals surface area contributed by atoms with E-state index in [9.17, 15) is 0 Å². The SMILES string of the molecule is c1ccc(-c2ccc3ccc4ccc(-c5ccc6ccc(-c7cccc(-c8nc9ccccc9c9ccccc89)n7)cc6c5)nc4c3n2)cc1. The highest BCUT2D eigenvalue weighted by atomic mass is 14.8. The van der Waals surface area contributed by atoms with Gasteiger partial charge in [-0.25, -0.2) is 19.9 Å². The second kappa shape index (κ2) is 11.4. The molecule has 0 fully saturated rings. The van der Waals surface area contributed by atoms with Gasteiger partial charge in [-0.1, -0.05) is 127 Å². The van der Waals surface area contributed by atoms with Gasteiger partial charge >= 0.3 is 0 Å². The summed E-state index contributed by atoms with van der Waals surface area (Å²) in [5, 5.41) is 7.87. The third-order valence-corrected chi connectivity index (χ3v) is 9.62. The summed E-state index contributed by atoms with van der Waals surface area (Å²) in [7, 11) is 0. The molecule has 50 heavy (non-hydrogen) atoms. The molecule has 4 heteroatoms. The lowest BCUT2D eigenvalue weighted by Gasteiger charge is -2.11. The fourth-order valence-electron chi connectivity index (χ4n) is 7.09. The van der Waals surface area contributed by atoms with Crippen LogP contribution in [0.2, 0.25) is 0 Å². The Morgan fingerprint density at radius 3 is 1.54 bits per heavy atom. The lowest BCUT2D eigenvalue weighted by atomic mass is 10.00. The molecule has 0 spiro atoms. The molecule has 6 aromatic carbocycles. The molecular weight excluding hydrogens is 609 g/mol. The third kappa shape index (κ3) is 4.77. The smallest absolute Gasteiger partial charge is 0.0972 e. The lowest BCUT2D eigenvalue weighted by Crippen LogP contribution is -1.93. The van der Waals surface area contributed by atoms with Gasteiger partial charge in [-0.15, -0.1) is 0 Å². The molecule has 10 rings (SSSR count). The normalized spacial score (nSPS) is 11.6. The van der Waals surface area contributed by atoms with Crippen molar-refractivity contribution in [2.45, 2.75) is 0 Å². The van der Waals surface area contributed by atoms with E-state index in [0.29, 0.717) is 0 Å². The highest BCUT2D eigenvalue weighted by Crippen LogP contribution is 2.34. The molecule has 0 atom stereocenters. The number of hydrogen-bond acceptors (Lipinski definition) is 4. The number of pyridine rings is 4. The summed E-state index contributed by atoms with van der Waals surface area (Å²) in [6, 6.07) is 59.1. The first-order valence-electron chi connectivity index (χ1n) is 16.8. The number of benzene rings is 6. The largest absolute Gasteiger partial charge is 0.246 e. The highest BCUT2D eigenvalue weighted by Gasteiger charge is 2.13. The van der Waals surface area contributed by atoms with Crippen LogP contribution in [0.3, 0.4) is 0 Å². The van der Waals surface area contributed by atoms with Gasteiger partial charge in [0.1, 0.15) is 0 Å². The summed E-state index contributed by atoms with van der Waals surface area (Å²) in [4.78, 5) is 20.6. The fraction of sp³-hybridized carbons (Fsp3) is 0. The highest BCUT2D eigenvalue weighted by molar-refractivity contribution is 6.10. The molecule has 232 valence electrons. The summed E-state index contributed by atoms with van der Waals surface area (Å²) < 4.78 is 0. The maximum atomic E-state index is 5.21. The molecule has 0 bridgehead atoms. The second-order valence-corrected chi connectivity index (χ2v) is 12.7. The third-order valence-electron chi connectivity index (χ3n) is 9.62. The van der Waals surface area contributed by atoms with Crippen molar-refractivity contribution in [3.63, 3.8) is 0 Å². The summed E-state index contributed by atoms with van der Waals surface area (Å²) in [6.45, 7) is 0. The van der Waals surface area contributed by atoms with E-state index in [1.807, 2.05) is 24.3 Å². The van der Waals surface area contributed by atoms with E-state index in [1.165, 1.54) is 5.39 Å². The molecule has 0 N–H and O–H groups in total. The summed E-state index contributed by atoms with van der Waals surface area (Å²) in [5.74, 6) is 0. The van der Waals surface area contributed by atoms with Crippen molar-refractivity contribution >= 4 is 54.3 Å². The zero-order chi connectivity index (χ0) is 33.0.